The van der Waals surface area contributed by atoms with E-state index in [4.69, 9.17) is 5.11 Å². The molecule has 21 heavy (non-hydrogen) atoms. The number of carbonyl (C=O) groups is 1. The van der Waals surface area contributed by atoms with Gasteiger partial charge in [0.2, 0.25) is 10.0 Å². The molecule has 1 aliphatic rings. The summed E-state index contributed by atoms with van der Waals surface area (Å²) >= 11 is 0. The number of benzene rings is 1. The number of hydrogen-bond donors (Lipinski definition) is 1. The fourth-order valence-electron chi connectivity index (χ4n) is 2.25. The van der Waals surface area contributed by atoms with Gasteiger partial charge < -0.3 is 5.11 Å². The largest absolute Gasteiger partial charge is 0.478 e. The summed E-state index contributed by atoms with van der Waals surface area (Å²) in [6.07, 6.45) is 2.23. The van der Waals surface area contributed by atoms with E-state index in [1.807, 2.05) is 6.92 Å². The van der Waals surface area contributed by atoms with Crippen LogP contribution in [0.1, 0.15) is 42.1 Å². The molecule has 2 rings (SSSR count). The zero-order chi connectivity index (χ0) is 15.8. The Balaban J connectivity index is 2.55. The lowest BCUT2D eigenvalue weighted by Crippen LogP contribution is -2.34. The molecule has 1 aliphatic carbocycles. The van der Waals surface area contributed by atoms with Crippen LogP contribution in [0.3, 0.4) is 0 Å². The first-order valence-electron chi connectivity index (χ1n) is 6.84. The summed E-state index contributed by atoms with van der Waals surface area (Å²) in [4.78, 5) is 10.8. The van der Waals surface area contributed by atoms with Crippen molar-refractivity contribution in [2.75, 3.05) is 6.54 Å². The van der Waals surface area contributed by atoms with Gasteiger partial charge in [0.25, 0.3) is 0 Å². The van der Waals surface area contributed by atoms with Crippen LogP contribution in [0.5, 0.6) is 0 Å². The first-order chi connectivity index (χ1) is 9.78. The first-order valence-corrected chi connectivity index (χ1v) is 8.28. The topological polar surface area (TPSA) is 74.7 Å². The SMILES string of the molecule is CCCN(C1CC1)S(=O)(=O)c1cc(C(=O)O)cc(F)c1C. The van der Waals surface area contributed by atoms with Crippen molar-refractivity contribution in [3.8, 4) is 0 Å². The van der Waals surface area contributed by atoms with E-state index in [-0.39, 0.29) is 22.1 Å². The summed E-state index contributed by atoms with van der Waals surface area (Å²) < 4.78 is 40.6. The minimum absolute atomic E-state index is 0.0400. The molecule has 0 radical (unpaired) electrons. The molecule has 1 saturated carbocycles. The standard InChI is InChI=1S/C14H18FNO4S/c1-3-6-16(11-4-5-11)21(19,20)13-8-10(14(17)18)7-12(15)9(13)2/h7-8,11H,3-6H2,1-2H3,(H,17,18). The second-order valence-corrected chi connectivity index (χ2v) is 7.09. The summed E-state index contributed by atoms with van der Waals surface area (Å²) in [5.41, 5.74) is -0.398. The third-order valence-electron chi connectivity index (χ3n) is 3.53. The molecule has 0 saturated heterocycles. The first kappa shape index (κ1) is 15.9. The highest BCUT2D eigenvalue weighted by atomic mass is 32.2. The maximum Gasteiger partial charge on any atom is 0.335 e. The normalized spacial score (nSPS) is 15.4. The van der Waals surface area contributed by atoms with Crippen molar-refractivity contribution in [3.05, 3.63) is 29.1 Å². The summed E-state index contributed by atoms with van der Waals surface area (Å²) in [6, 6.07) is 1.84. The van der Waals surface area contributed by atoms with Crippen LogP contribution in [-0.4, -0.2) is 36.4 Å². The van der Waals surface area contributed by atoms with Gasteiger partial charge in [0.05, 0.1) is 10.5 Å². The molecule has 0 heterocycles. The van der Waals surface area contributed by atoms with Crippen molar-refractivity contribution >= 4 is 16.0 Å². The Morgan fingerprint density at radius 2 is 2.05 bits per heavy atom. The average molecular weight is 315 g/mol. The number of carboxylic acid groups (broad SMARTS) is 1. The number of rotatable bonds is 6. The van der Waals surface area contributed by atoms with Gasteiger partial charge in [-0.1, -0.05) is 6.92 Å². The van der Waals surface area contributed by atoms with Crippen molar-refractivity contribution in [2.45, 2.75) is 44.0 Å². The van der Waals surface area contributed by atoms with Crippen LogP contribution < -0.4 is 0 Å². The summed E-state index contributed by atoms with van der Waals surface area (Å²) in [5, 5.41) is 8.98. The number of hydrogen-bond acceptors (Lipinski definition) is 3. The number of carboxylic acids is 1. The fourth-order valence-corrected chi connectivity index (χ4v) is 4.29. The average Bonchev–Trinajstić information content (AvgIpc) is 3.22. The van der Waals surface area contributed by atoms with Crippen molar-refractivity contribution in [1.29, 1.82) is 0 Å². The third-order valence-corrected chi connectivity index (χ3v) is 5.61. The Bertz CT molecular complexity index is 668. The van der Waals surface area contributed by atoms with Gasteiger partial charge in [-0.2, -0.15) is 4.31 Å². The molecule has 116 valence electrons. The van der Waals surface area contributed by atoms with Gasteiger partial charge in [-0.25, -0.2) is 17.6 Å². The molecule has 0 bridgehead atoms. The summed E-state index contributed by atoms with van der Waals surface area (Å²) in [6.45, 7) is 3.57. The van der Waals surface area contributed by atoms with Gasteiger partial charge >= 0.3 is 5.97 Å². The highest BCUT2D eigenvalue weighted by molar-refractivity contribution is 7.89. The molecular weight excluding hydrogens is 297 g/mol. The lowest BCUT2D eigenvalue weighted by atomic mass is 10.1. The van der Waals surface area contributed by atoms with Gasteiger partial charge in [0, 0.05) is 18.2 Å². The molecule has 1 N–H and O–H groups in total. The number of sulfonamides is 1. The van der Waals surface area contributed by atoms with Crippen LogP contribution in [0.15, 0.2) is 17.0 Å². The van der Waals surface area contributed by atoms with E-state index in [9.17, 15) is 17.6 Å². The minimum atomic E-state index is -3.88. The zero-order valence-electron chi connectivity index (χ0n) is 12.0. The van der Waals surface area contributed by atoms with E-state index < -0.39 is 21.8 Å². The summed E-state index contributed by atoms with van der Waals surface area (Å²) in [7, 11) is -3.88. The Hall–Kier alpha value is -1.47. The molecule has 0 aliphatic heterocycles. The molecule has 5 nitrogen and oxygen atoms in total. The molecule has 0 spiro atoms. The van der Waals surface area contributed by atoms with E-state index in [2.05, 4.69) is 0 Å². The third kappa shape index (κ3) is 3.08. The van der Waals surface area contributed by atoms with Crippen molar-refractivity contribution in [1.82, 2.24) is 4.31 Å². The second-order valence-electron chi connectivity index (χ2n) is 5.23. The van der Waals surface area contributed by atoms with Gasteiger partial charge in [-0.05, 0) is 38.3 Å². The highest BCUT2D eigenvalue weighted by Gasteiger charge is 2.38. The monoisotopic (exact) mass is 315 g/mol. The smallest absolute Gasteiger partial charge is 0.335 e. The van der Waals surface area contributed by atoms with Gasteiger partial charge in [0.1, 0.15) is 5.82 Å². The maximum atomic E-state index is 13.9. The molecule has 0 amide bonds. The predicted molar refractivity (Wildman–Crippen MR) is 75.3 cm³/mol. The number of halogens is 1. The minimum Gasteiger partial charge on any atom is -0.478 e. The van der Waals surface area contributed by atoms with E-state index in [0.717, 1.165) is 25.0 Å². The van der Waals surface area contributed by atoms with E-state index in [1.165, 1.54) is 11.2 Å². The predicted octanol–water partition coefficient (Wildman–Crippen LogP) is 2.40. The molecule has 7 heteroatoms. The van der Waals surface area contributed by atoms with Crippen LogP contribution >= 0.6 is 0 Å². The molecule has 1 aromatic carbocycles. The molecular formula is C14H18FNO4S. The summed E-state index contributed by atoms with van der Waals surface area (Å²) in [5.74, 6) is -2.17. The van der Waals surface area contributed by atoms with E-state index in [0.29, 0.717) is 13.0 Å². The molecule has 0 aromatic heterocycles. The van der Waals surface area contributed by atoms with Crippen molar-refractivity contribution in [3.63, 3.8) is 0 Å². The molecule has 0 atom stereocenters. The number of nitrogens with zero attached hydrogens (tertiary/aromatic N) is 1. The molecule has 1 fully saturated rings. The van der Waals surface area contributed by atoms with E-state index in [1.54, 1.807) is 0 Å². The Kier molecular flexibility index (Phi) is 4.34. The van der Waals surface area contributed by atoms with Crippen LogP contribution in [0, 0.1) is 12.7 Å². The van der Waals surface area contributed by atoms with Crippen LogP contribution in [0.4, 0.5) is 4.39 Å². The van der Waals surface area contributed by atoms with Crippen molar-refractivity contribution < 1.29 is 22.7 Å². The highest BCUT2D eigenvalue weighted by Crippen LogP contribution is 2.33. The Morgan fingerprint density at radius 1 is 1.43 bits per heavy atom. The van der Waals surface area contributed by atoms with Crippen molar-refractivity contribution in [2.24, 2.45) is 0 Å². The Labute approximate surface area is 123 Å². The zero-order valence-corrected chi connectivity index (χ0v) is 12.8. The maximum absolute atomic E-state index is 13.9. The number of aromatic carboxylic acids is 1. The Morgan fingerprint density at radius 3 is 2.52 bits per heavy atom. The van der Waals surface area contributed by atoms with Gasteiger partial charge in [0.15, 0.2) is 0 Å². The van der Waals surface area contributed by atoms with E-state index >= 15 is 0 Å². The molecule has 0 unspecified atom stereocenters. The van der Waals surface area contributed by atoms with Crippen LogP contribution in [0.25, 0.3) is 0 Å². The molecule has 1 aromatic rings. The lowest BCUT2D eigenvalue weighted by Gasteiger charge is -2.22. The van der Waals surface area contributed by atoms with Crippen LogP contribution in [-0.2, 0) is 10.0 Å². The fraction of sp³-hybridized carbons (Fsp3) is 0.500. The van der Waals surface area contributed by atoms with Gasteiger partial charge in [-0.15, -0.1) is 0 Å². The quantitative estimate of drug-likeness (QED) is 0.874. The van der Waals surface area contributed by atoms with Gasteiger partial charge in [-0.3, -0.25) is 0 Å². The van der Waals surface area contributed by atoms with Crippen LogP contribution in [0.2, 0.25) is 0 Å². The second kappa shape index (κ2) is 5.73. The lowest BCUT2D eigenvalue weighted by molar-refractivity contribution is 0.0696.